The number of nitrogens with zero attached hydrogens (tertiary/aromatic N) is 2. The molecule has 118 valence electrons. The number of pyridine rings is 1. The number of H-pyrrole nitrogens is 1. The van der Waals surface area contributed by atoms with Crippen LogP contribution in [-0.2, 0) is 4.79 Å². The summed E-state index contributed by atoms with van der Waals surface area (Å²) in [5.41, 5.74) is 2.61. The van der Waals surface area contributed by atoms with Gasteiger partial charge in [0.1, 0.15) is 5.69 Å². The van der Waals surface area contributed by atoms with E-state index in [2.05, 4.69) is 20.5 Å². The zero-order chi connectivity index (χ0) is 15.7. The van der Waals surface area contributed by atoms with E-state index < -0.39 is 0 Å². The van der Waals surface area contributed by atoms with Gasteiger partial charge >= 0.3 is 0 Å². The van der Waals surface area contributed by atoms with Gasteiger partial charge in [0, 0.05) is 24.2 Å². The van der Waals surface area contributed by atoms with Gasteiger partial charge in [-0.2, -0.15) is 5.10 Å². The summed E-state index contributed by atoms with van der Waals surface area (Å²) in [7, 11) is 0. The highest BCUT2D eigenvalue weighted by molar-refractivity contribution is 5.97. The van der Waals surface area contributed by atoms with Crippen LogP contribution in [0.2, 0.25) is 0 Å². The molecule has 3 rings (SSSR count). The smallest absolute Gasteiger partial charge is 0.272 e. The highest BCUT2D eigenvalue weighted by Crippen LogP contribution is 2.25. The summed E-state index contributed by atoms with van der Waals surface area (Å²) in [5.74, 6) is -0.189. The summed E-state index contributed by atoms with van der Waals surface area (Å²) in [6.07, 6.45) is 1.70. The first kappa shape index (κ1) is 16.6. The number of aromatic nitrogens is 3. The van der Waals surface area contributed by atoms with Gasteiger partial charge in [-0.3, -0.25) is 14.6 Å². The van der Waals surface area contributed by atoms with E-state index in [1.165, 1.54) is 6.92 Å². The summed E-state index contributed by atoms with van der Waals surface area (Å²) < 4.78 is 0. The number of fused-ring (bicyclic) bond motifs is 1. The molecule has 1 amide bonds. The van der Waals surface area contributed by atoms with Gasteiger partial charge in [-0.25, -0.2) is 5.10 Å². The normalized spacial score (nSPS) is 10.2. The Labute approximate surface area is 138 Å². The molecule has 0 spiro atoms. The van der Waals surface area contributed by atoms with E-state index >= 15 is 0 Å². The average molecular weight is 331 g/mol. The Hall–Kier alpha value is -2.73. The lowest BCUT2D eigenvalue weighted by Crippen LogP contribution is -2.11. The molecule has 3 aromatic rings. The fraction of sp³-hybridized carbons (Fsp3) is 0.125. The predicted molar refractivity (Wildman–Crippen MR) is 91.9 cm³/mol. The van der Waals surface area contributed by atoms with Crippen molar-refractivity contribution in [2.24, 2.45) is 0 Å². The van der Waals surface area contributed by atoms with Crippen molar-refractivity contribution >= 4 is 34.8 Å². The quantitative estimate of drug-likeness (QED) is 0.756. The van der Waals surface area contributed by atoms with Crippen molar-refractivity contribution < 1.29 is 4.79 Å². The van der Waals surface area contributed by atoms with Gasteiger partial charge in [0.05, 0.1) is 11.1 Å². The third-order valence-corrected chi connectivity index (χ3v) is 3.27. The first-order valence-electron chi connectivity index (χ1n) is 6.77. The van der Waals surface area contributed by atoms with Crippen LogP contribution >= 0.6 is 12.4 Å². The molecule has 0 aliphatic carbocycles. The van der Waals surface area contributed by atoms with Crippen LogP contribution in [0, 0.1) is 6.92 Å². The molecular formula is C16H15ClN4O2. The minimum Gasteiger partial charge on any atom is -0.326 e. The van der Waals surface area contributed by atoms with Gasteiger partial charge in [-0.1, -0.05) is 0 Å². The maximum absolute atomic E-state index is 12.0. The minimum absolute atomic E-state index is 0. The number of amides is 1. The van der Waals surface area contributed by atoms with Crippen LogP contribution in [0.4, 0.5) is 5.69 Å². The number of hydrogen-bond acceptors (Lipinski definition) is 4. The van der Waals surface area contributed by atoms with Crippen LogP contribution < -0.4 is 10.9 Å². The van der Waals surface area contributed by atoms with Gasteiger partial charge < -0.3 is 5.32 Å². The third kappa shape index (κ3) is 3.37. The van der Waals surface area contributed by atoms with Crippen molar-refractivity contribution in [1.29, 1.82) is 0 Å². The Bertz CT molecular complexity index is 937. The molecule has 0 saturated heterocycles. The number of rotatable bonds is 2. The van der Waals surface area contributed by atoms with Gasteiger partial charge in [-0.05, 0) is 42.8 Å². The molecule has 0 bridgehead atoms. The molecule has 0 radical (unpaired) electrons. The summed E-state index contributed by atoms with van der Waals surface area (Å²) in [6, 6.07) is 8.94. The maximum atomic E-state index is 12.0. The highest BCUT2D eigenvalue weighted by Gasteiger charge is 2.11. The van der Waals surface area contributed by atoms with E-state index in [0.717, 1.165) is 5.56 Å². The lowest BCUT2D eigenvalue weighted by atomic mass is 10.1. The SMILES string of the molecule is CC(=O)Nc1ccc2c(-c3cc(C)ccn3)n[nH]c(=O)c2c1.Cl. The van der Waals surface area contributed by atoms with E-state index in [4.69, 9.17) is 0 Å². The number of halogens is 1. The number of carbonyl (C=O) groups excluding carboxylic acids is 1. The lowest BCUT2D eigenvalue weighted by Gasteiger charge is -2.07. The second kappa shape index (κ2) is 6.58. The van der Waals surface area contributed by atoms with Crippen LogP contribution in [0.5, 0.6) is 0 Å². The van der Waals surface area contributed by atoms with Crippen LogP contribution in [0.15, 0.2) is 41.3 Å². The molecule has 0 aliphatic heterocycles. The fourth-order valence-corrected chi connectivity index (χ4v) is 2.31. The fourth-order valence-electron chi connectivity index (χ4n) is 2.31. The number of hydrogen-bond donors (Lipinski definition) is 2. The van der Waals surface area contributed by atoms with Gasteiger partial charge in [-0.15, -0.1) is 12.4 Å². The average Bonchev–Trinajstić information content (AvgIpc) is 2.47. The highest BCUT2D eigenvalue weighted by atomic mass is 35.5. The van der Waals surface area contributed by atoms with Crippen molar-refractivity contribution in [2.45, 2.75) is 13.8 Å². The van der Waals surface area contributed by atoms with Crippen molar-refractivity contribution in [3.8, 4) is 11.4 Å². The minimum atomic E-state index is -0.307. The third-order valence-electron chi connectivity index (χ3n) is 3.27. The van der Waals surface area contributed by atoms with Gasteiger partial charge in [0.25, 0.3) is 5.56 Å². The number of carbonyl (C=O) groups is 1. The first-order valence-corrected chi connectivity index (χ1v) is 6.77. The van der Waals surface area contributed by atoms with Gasteiger partial charge in [0.15, 0.2) is 0 Å². The Balaban J connectivity index is 0.00000192. The molecule has 0 unspecified atom stereocenters. The van der Waals surface area contributed by atoms with Crippen molar-refractivity contribution in [3.05, 3.63) is 52.4 Å². The Kier molecular flexibility index (Phi) is 4.76. The van der Waals surface area contributed by atoms with E-state index in [0.29, 0.717) is 27.8 Å². The van der Waals surface area contributed by atoms with E-state index in [-0.39, 0.29) is 23.9 Å². The van der Waals surface area contributed by atoms with Crippen molar-refractivity contribution in [3.63, 3.8) is 0 Å². The van der Waals surface area contributed by atoms with E-state index in [1.54, 1.807) is 24.4 Å². The van der Waals surface area contributed by atoms with Crippen LogP contribution in [0.1, 0.15) is 12.5 Å². The zero-order valence-electron chi connectivity index (χ0n) is 12.6. The molecule has 2 aromatic heterocycles. The topological polar surface area (TPSA) is 87.7 Å². The standard InChI is InChI=1S/C16H14N4O2.ClH/c1-9-5-6-17-14(7-9)15-12-4-3-11(18-10(2)21)8-13(12)16(22)20-19-15;/h3-8H,1-2H3,(H,18,21)(H,20,22);1H. The number of nitrogens with one attached hydrogen (secondary N) is 2. The van der Waals surface area contributed by atoms with Crippen molar-refractivity contribution in [1.82, 2.24) is 15.2 Å². The molecule has 2 N–H and O–H groups in total. The Morgan fingerprint density at radius 1 is 1.17 bits per heavy atom. The second-order valence-corrected chi connectivity index (χ2v) is 5.06. The predicted octanol–water partition coefficient (Wildman–Crippen LogP) is 2.67. The first-order chi connectivity index (χ1) is 10.5. The van der Waals surface area contributed by atoms with Crippen molar-refractivity contribution in [2.75, 3.05) is 5.32 Å². The molecule has 0 saturated carbocycles. The summed E-state index contributed by atoms with van der Waals surface area (Å²) >= 11 is 0. The number of benzene rings is 1. The van der Waals surface area contributed by atoms with Crippen LogP contribution in [0.3, 0.4) is 0 Å². The van der Waals surface area contributed by atoms with Gasteiger partial charge in [0.2, 0.25) is 5.91 Å². The van der Waals surface area contributed by atoms with E-state index in [9.17, 15) is 9.59 Å². The molecule has 0 atom stereocenters. The summed E-state index contributed by atoms with van der Waals surface area (Å²) in [6.45, 7) is 3.39. The number of anilines is 1. The monoisotopic (exact) mass is 330 g/mol. The summed E-state index contributed by atoms with van der Waals surface area (Å²) in [5, 5.41) is 10.4. The molecule has 2 heterocycles. The Morgan fingerprint density at radius 2 is 1.96 bits per heavy atom. The summed E-state index contributed by atoms with van der Waals surface area (Å²) in [4.78, 5) is 27.5. The van der Waals surface area contributed by atoms with Crippen LogP contribution in [-0.4, -0.2) is 21.1 Å². The molecule has 23 heavy (non-hydrogen) atoms. The molecule has 1 aromatic carbocycles. The maximum Gasteiger partial charge on any atom is 0.272 e. The molecule has 0 fully saturated rings. The molecular weight excluding hydrogens is 316 g/mol. The molecule has 6 nitrogen and oxygen atoms in total. The lowest BCUT2D eigenvalue weighted by molar-refractivity contribution is -0.114. The zero-order valence-corrected chi connectivity index (χ0v) is 13.4. The second-order valence-electron chi connectivity index (χ2n) is 5.06. The van der Waals surface area contributed by atoms with Crippen LogP contribution in [0.25, 0.3) is 22.2 Å². The van der Waals surface area contributed by atoms with E-state index in [1.807, 2.05) is 19.1 Å². The molecule has 0 aliphatic rings. The largest absolute Gasteiger partial charge is 0.326 e. The number of aryl methyl sites for hydroxylation is 1. The number of aromatic amines is 1. The Morgan fingerprint density at radius 3 is 2.65 bits per heavy atom. The molecule has 7 heteroatoms.